The molecule has 120 valence electrons. The molecule has 2 nitrogen and oxygen atoms in total. The molecule has 1 aromatic carbocycles. The average molecular weight is 385 g/mol. The van der Waals surface area contributed by atoms with E-state index in [-0.39, 0.29) is 26.8 Å². The van der Waals surface area contributed by atoms with E-state index in [1.807, 2.05) is 56.4 Å². The Morgan fingerprint density at radius 3 is 2.68 bits per heavy atom. The summed E-state index contributed by atoms with van der Waals surface area (Å²) in [6.07, 6.45) is 3.44. The molecule has 0 heterocycles. The zero-order chi connectivity index (χ0) is 16.2. The van der Waals surface area contributed by atoms with Gasteiger partial charge in [0.15, 0.2) is 0 Å². The molecule has 1 aliphatic carbocycles. The molecule has 2 rings (SSSR count). The van der Waals surface area contributed by atoms with Crippen LogP contribution in [0.15, 0.2) is 40.9 Å². The van der Waals surface area contributed by atoms with Crippen molar-refractivity contribution in [3.8, 4) is 0 Å². The van der Waals surface area contributed by atoms with Crippen molar-refractivity contribution in [3.63, 3.8) is 0 Å². The molecule has 0 saturated carbocycles. The molecule has 0 amide bonds. The summed E-state index contributed by atoms with van der Waals surface area (Å²) in [5, 5.41) is 0. The molecule has 1 aliphatic rings. The molecule has 0 aromatic heterocycles. The Bertz CT molecular complexity index is 545. The second kappa shape index (κ2) is 7.69. The topological polar surface area (TPSA) is 26.3 Å². The first-order chi connectivity index (χ1) is 10.4. The van der Waals surface area contributed by atoms with E-state index in [2.05, 4.69) is 0 Å². The quantitative estimate of drug-likeness (QED) is 0.674. The molecule has 2 atom stereocenters. The van der Waals surface area contributed by atoms with E-state index in [0.29, 0.717) is 12.8 Å². The van der Waals surface area contributed by atoms with Gasteiger partial charge in [0.05, 0.1) is 0 Å². The van der Waals surface area contributed by atoms with Gasteiger partial charge in [-0.1, -0.05) is 0 Å². The Morgan fingerprint density at radius 1 is 1.36 bits per heavy atom. The zero-order valence-corrected chi connectivity index (χ0v) is 16.1. The number of allylic oxidation sites excluding steroid dienone is 1. The summed E-state index contributed by atoms with van der Waals surface area (Å²) in [7, 11) is -2.40. The van der Waals surface area contributed by atoms with Crippen LogP contribution < -0.4 is 4.46 Å². The second-order valence-corrected chi connectivity index (χ2v) is 12.5. The third-order valence-electron chi connectivity index (χ3n) is 3.72. The molecule has 0 fully saturated rings. The summed E-state index contributed by atoms with van der Waals surface area (Å²) in [6, 6.07) is 10.0. The van der Waals surface area contributed by atoms with Crippen LogP contribution in [-0.2, 0) is 9.22 Å². The maximum absolute atomic E-state index is 14.2. The van der Waals surface area contributed by atoms with Gasteiger partial charge in [-0.25, -0.2) is 0 Å². The fourth-order valence-corrected chi connectivity index (χ4v) is 6.54. The zero-order valence-electron chi connectivity index (χ0n) is 13.3. The number of rotatable bonds is 7. The van der Waals surface area contributed by atoms with Gasteiger partial charge in [0.1, 0.15) is 0 Å². The molecule has 0 spiro atoms. The third kappa shape index (κ3) is 4.62. The predicted octanol–water partition coefficient (Wildman–Crippen LogP) is 3.14. The van der Waals surface area contributed by atoms with Crippen LogP contribution in [0.25, 0.3) is 0 Å². The van der Waals surface area contributed by atoms with Crippen LogP contribution in [0, 0.1) is 0 Å². The Morgan fingerprint density at radius 2 is 2.05 bits per heavy atom. The maximum atomic E-state index is 14.2. The first-order valence-corrected chi connectivity index (χ1v) is 12.4. The molecule has 22 heavy (non-hydrogen) atoms. The molecule has 0 bridgehead atoms. The number of halogens is 1. The van der Waals surface area contributed by atoms with E-state index in [1.54, 1.807) is 0 Å². The molecule has 0 saturated heterocycles. The fourth-order valence-electron chi connectivity index (χ4n) is 2.45. The summed E-state index contributed by atoms with van der Waals surface area (Å²) in [5.41, 5.74) is 0. The molecule has 1 aromatic rings. The summed E-state index contributed by atoms with van der Waals surface area (Å²) in [4.78, 5) is 12.2. The molecule has 0 radical (unpaired) electrons. The van der Waals surface area contributed by atoms with Gasteiger partial charge in [-0.3, -0.25) is 0 Å². The normalized spacial score (nSPS) is 20.1. The summed E-state index contributed by atoms with van der Waals surface area (Å²) in [5.74, 6) is -0.714. The van der Waals surface area contributed by atoms with Gasteiger partial charge in [0.2, 0.25) is 0 Å². The van der Waals surface area contributed by atoms with Crippen LogP contribution in [0.2, 0.25) is 13.1 Å². The molecule has 0 aliphatic heterocycles. The SMILES string of the molecule is CCCC(F)[Si](C)(C)OC1C=C([Se]c2ccccc2)C(=O)C1. The third-order valence-corrected chi connectivity index (χ3v) is 8.72. The molecular weight excluding hydrogens is 362 g/mol. The fraction of sp³-hybridized carbons (Fsp3) is 0.471. The van der Waals surface area contributed by atoms with Gasteiger partial charge in [0.25, 0.3) is 0 Å². The van der Waals surface area contributed by atoms with Crippen molar-refractivity contribution in [1.29, 1.82) is 0 Å². The van der Waals surface area contributed by atoms with Gasteiger partial charge in [-0.05, 0) is 0 Å². The van der Waals surface area contributed by atoms with Crippen molar-refractivity contribution in [2.75, 3.05) is 0 Å². The summed E-state index contributed by atoms with van der Waals surface area (Å²) in [6.45, 7) is 5.80. The first-order valence-electron chi connectivity index (χ1n) is 7.72. The number of hydrogen-bond acceptors (Lipinski definition) is 2. The van der Waals surface area contributed by atoms with Gasteiger partial charge in [-0.2, -0.15) is 0 Å². The Balaban J connectivity index is 2.01. The van der Waals surface area contributed by atoms with Crippen LogP contribution >= 0.6 is 0 Å². The standard InChI is InChI=1S/C17H23FO2SeSi/c1-4-8-17(18)22(2,3)20-13-11-15(19)16(12-13)21-14-9-6-5-7-10-14/h5-7,9-10,12-13,17H,4,8,11H2,1-3H3. The van der Waals surface area contributed by atoms with E-state index in [1.165, 1.54) is 4.46 Å². The van der Waals surface area contributed by atoms with Gasteiger partial charge < -0.3 is 0 Å². The van der Waals surface area contributed by atoms with E-state index in [9.17, 15) is 9.18 Å². The second-order valence-electron chi connectivity index (χ2n) is 6.09. The van der Waals surface area contributed by atoms with Crippen molar-refractivity contribution in [3.05, 3.63) is 40.9 Å². The summed E-state index contributed by atoms with van der Waals surface area (Å²) >= 11 is 0.0146. The number of carbonyl (C=O) groups is 1. The van der Waals surface area contributed by atoms with Crippen LogP contribution in [0.5, 0.6) is 0 Å². The van der Waals surface area contributed by atoms with Crippen molar-refractivity contribution in [1.82, 2.24) is 0 Å². The monoisotopic (exact) mass is 386 g/mol. The Kier molecular flexibility index (Phi) is 6.15. The average Bonchev–Trinajstić information content (AvgIpc) is 2.79. The van der Waals surface area contributed by atoms with Crippen LogP contribution in [0.3, 0.4) is 0 Å². The van der Waals surface area contributed by atoms with E-state index < -0.39 is 14.1 Å². The number of carbonyl (C=O) groups excluding carboxylic acids is 1. The Labute approximate surface area is 139 Å². The van der Waals surface area contributed by atoms with Crippen LogP contribution in [-0.4, -0.2) is 41.0 Å². The van der Waals surface area contributed by atoms with Crippen LogP contribution in [0.4, 0.5) is 4.39 Å². The summed E-state index contributed by atoms with van der Waals surface area (Å²) < 4.78 is 22.3. The minimum absolute atomic E-state index is 0.0146. The van der Waals surface area contributed by atoms with Crippen LogP contribution in [0.1, 0.15) is 26.2 Å². The van der Waals surface area contributed by atoms with Crippen molar-refractivity contribution in [2.24, 2.45) is 0 Å². The van der Waals surface area contributed by atoms with Crippen molar-refractivity contribution in [2.45, 2.75) is 51.2 Å². The Hall–Kier alpha value is -0.744. The van der Waals surface area contributed by atoms with Gasteiger partial charge in [0, 0.05) is 0 Å². The van der Waals surface area contributed by atoms with Gasteiger partial charge >= 0.3 is 139 Å². The van der Waals surface area contributed by atoms with E-state index in [4.69, 9.17) is 4.43 Å². The van der Waals surface area contributed by atoms with E-state index >= 15 is 0 Å². The molecular formula is C17H23FO2SeSi. The molecule has 5 heteroatoms. The predicted molar refractivity (Wildman–Crippen MR) is 91.7 cm³/mol. The first kappa shape index (κ1) is 17.6. The van der Waals surface area contributed by atoms with Gasteiger partial charge in [-0.15, -0.1) is 0 Å². The van der Waals surface area contributed by atoms with Crippen molar-refractivity contribution >= 4 is 33.5 Å². The number of benzene rings is 1. The van der Waals surface area contributed by atoms with E-state index in [0.717, 1.165) is 10.9 Å². The number of alkyl halides is 1. The number of hydrogen-bond donors (Lipinski definition) is 0. The minimum atomic E-state index is -2.40. The molecule has 0 N–H and O–H groups in total. The number of Topliss-reactive ketones (excluding diaryl/α,β-unsaturated/α-hetero) is 1. The number of ketones is 1. The van der Waals surface area contributed by atoms with Crippen molar-refractivity contribution < 1.29 is 13.6 Å². The molecule has 2 unspecified atom stereocenters.